The molecule has 1 unspecified atom stereocenters. The van der Waals surface area contributed by atoms with Gasteiger partial charge in [-0.3, -0.25) is 4.57 Å². The van der Waals surface area contributed by atoms with Crippen molar-refractivity contribution in [3.63, 3.8) is 0 Å². The fourth-order valence-corrected chi connectivity index (χ4v) is 1.87. The summed E-state index contributed by atoms with van der Waals surface area (Å²) in [5.41, 5.74) is 7.20. The second-order valence-corrected chi connectivity index (χ2v) is 4.42. The number of hydrogen-bond donors (Lipinski definition) is 2. The minimum atomic E-state index is -2.65. The van der Waals surface area contributed by atoms with Gasteiger partial charge in [0, 0.05) is 11.8 Å². The van der Waals surface area contributed by atoms with Gasteiger partial charge in [-0.2, -0.15) is 8.78 Å². The van der Waals surface area contributed by atoms with Gasteiger partial charge < -0.3 is 10.8 Å². The van der Waals surface area contributed by atoms with Crippen LogP contribution in [-0.2, 0) is 0 Å². The monoisotopic (exact) mass is 287 g/mol. The molecule has 0 saturated carbocycles. The van der Waals surface area contributed by atoms with Crippen molar-refractivity contribution >= 4 is 11.6 Å². The Kier molecular flexibility index (Phi) is 4.14. The van der Waals surface area contributed by atoms with Gasteiger partial charge in [0.2, 0.25) is 0 Å². The number of aliphatic hydroxyl groups excluding tert-OH is 1. The number of alkyl halides is 2. The van der Waals surface area contributed by atoms with Gasteiger partial charge in [-0.25, -0.2) is 4.98 Å². The van der Waals surface area contributed by atoms with E-state index in [0.717, 1.165) is 6.33 Å². The maximum Gasteiger partial charge on any atom is 0.319 e. The Bertz CT molecular complexity index is 574. The molecule has 19 heavy (non-hydrogen) atoms. The van der Waals surface area contributed by atoms with Crippen LogP contribution in [-0.4, -0.2) is 21.3 Å². The summed E-state index contributed by atoms with van der Waals surface area (Å²) in [7, 11) is 0. The van der Waals surface area contributed by atoms with E-state index in [0.29, 0.717) is 26.4 Å². The summed E-state index contributed by atoms with van der Waals surface area (Å²) in [6.07, 6.45) is 2.25. The van der Waals surface area contributed by atoms with Gasteiger partial charge in [-0.1, -0.05) is 17.7 Å². The third kappa shape index (κ3) is 2.91. The lowest BCUT2D eigenvalue weighted by atomic mass is 10.0. The maximum absolute atomic E-state index is 12.5. The quantitative estimate of drug-likeness (QED) is 0.908. The highest BCUT2D eigenvalue weighted by atomic mass is 35.5. The Morgan fingerprint density at radius 1 is 1.42 bits per heavy atom. The SMILES string of the molecule is NC(CO)c1ccc(Cl)c(-c2cn(C(F)F)cn2)c1. The fraction of sp³-hybridized carbons (Fsp3) is 0.250. The predicted molar refractivity (Wildman–Crippen MR) is 67.9 cm³/mol. The number of aromatic nitrogens is 2. The number of aliphatic hydroxyl groups is 1. The van der Waals surface area contributed by atoms with E-state index in [4.69, 9.17) is 22.4 Å². The zero-order valence-corrected chi connectivity index (χ0v) is 10.6. The third-order valence-electron chi connectivity index (χ3n) is 2.72. The van der Waals surface area contributed by atoms with Gasteiger partial charge in [0.1, 0.15) is 0 Å². The Balaban J connectivity index is 2.42. The summed E-state index contributed by atoms with van der Waals surface area (Å²) in [6.45, 7) is -2.87. The second-order valence-electron chi connectivity index (χ2n) is 4.01. The molecule has 0 aliphatic heterocycles. The number of imidazole rings is 1. The van der Waals surface area contributed by atoms with Crippen molar-refractivity contribution in [2.24, 2.45) is 5.73 Å². The van der Waals surface area contributed by atoms with Crippen molar-refractivity contribution in [1.29, 1.82) is 0 Å². The lowest BCUT2D eigenvalue weighted by Gasteiger charge is -2.10. The maximum atomic E-state index is 12.5. The summed E-state index contributed by atoms with van der Waals surface area (Å²) in [5, 5.41) is 9.40. The van der Waals surface area contributed by atoms with Crippen LogP contribution in [0.2, 0.25) is 5.02 Å². The van der Waals surface area contributed by atoms with E-state index in [1.54, 1.807) is 18.2 Å². The average Bonchev–Trinajstić information content (AvgIpc) is 2.88. The van der Waals surface area contributed by atoms with Crippen LogP contribution in [0.3, 0.4) is 0 Å². The van der Waals surface area contributed by atoms with Crippen LogP contribution >= 0.6 is 11.6 Å². The molecule has 0 spiro atoms. The first-order valence-corrected chi connectivity index (χ1v) is 5.88. The molecule has 2 aromatic rings. The van der Waals surface area contributed by atoms with Gasteiger partial charge in [-0.15, -0.1) is 0 Å². The molecule has 0 aliphatic rings. The van der Waals surface area contributed by atoms with Gasteiger partial charge in [-0.05, 0) is 17.7 Å². The molecule has 0 aliphatic carbocycles. The lowest BCUT2D eigenvalue weighted by molar-refractivity contribution is 0.0702. The van der Waals surface area contributed by atoms with Crippen LogP contribution in [0, 0.1) is 0 Å². The van der Waals surface area contributed by atoms with Crippen LogP contribution in [0.1, 0.15) is 18.2 Å². The first-order chi connectivity index (χ1) is 9.02. The molecule has 1 aromatic carbocycles. The normalized spacial score (nSPS) is 12.9. The molecule has 0 fully saturated rings. The van der Waals surface area contributed by atoms with Crippen molar-refractivity contribution in [2.75, 3.05) is 6.61 Å². The molecule has 102 valence electrons. The third-order valence-corrected chi connectivity index (χ3v) is 3.05. The van der Waals surface area contributed by atoms with Crippen molar-refractivity contribution in [3.8, 4) is 11.3 Å². The Hall–Kier alpha value is -1.50. The molecular weight excluding hydrogens is 276 g/mol. The van der Waals surface area contributed by atoms with Crippen LogP contribution < -0.4 is 5.73 Å². The summed E-state index contributed by atoms with van der Waals surface area (Å²) >= 11 is 6.03. The predicted octanol–water partition coefficient (Wildman–Crippen LogP) is 2.59. The van der Waals surface area contributed by atoms with E-state index in [-0.39, 0.29) is 6.61 Å². The van der Waals surface area contributed by atoms with Gasteiger partial charge in [0.05, 0.1) is 29.7 Å². The number of halogens is 3. The molecule has 4 nitrogen and oxygen atoms in total. The minimum Gasteiger partial charge on any atom is -0.394 e. The molecule has 0 saturated heterocycles. The molecule has 3 N–H and O–H groups in total. The summed E-state index contributed by atoms with van der Waals surface area (Å²) in [6, 6.07) is 4.37. The molecule has 7 heteroatoms. The van der Waals surface area contributed by atoms with E-state index in [2.05, 4.69) is 4.98 Å². The van der Waals surface area contributed by atoms with E-state index in [1.165, 1.54) is 6.20 Å². The Morgan fingerprint density at radius 2 is 2.16 bits per heavy atom. The highest BCUT2D eigenvalue weighted by Gasteiger charge is 2.13. The molecule has 2 rings (SSSR count). The van der Waals surface area contributed by atoms with Crippen LogP contribution in [0.4, 0.5) is 8.78 Å². The molecule has 1 heterocycles. The van der Waals surface area contributed by atoms with Crippen molar-refractivity contribution in [3.05, 3.63) is 41.3 Å². The zero-order valence-electron chi connectivity index (χ0n) is 9.80. The topological polar surface area (TPSA) is 64.1 Å². The first kappa shape index (κ1) is 13.9. The number of hydrogen-bond acceptors (Lipinski definition) is 3. The average molecular weight is 288 g/mol. The van der Waals surface area contributed by atoms with Gasteiger partial charge in [0.25, 0.3) is 0 Å². The fourth-order valence-electron chi connectivity index (χ4n) is 1.66. The standard InChI is InChI=1S/C12H12ClF2N3O/c13-9-2-1-7(10(16)5-19)3-8(9)11-4-18(6-17-11)12(14)15/h1-4,6,10,12,19H,5,16H2. The molecular formula is C12H12ClF2N3O. The number of nitrogens with two attached hydrogens (primary N) is 1. The highest BCUT2D eigenvalue weighted by Crippen LogP contribution is 2.29. The summed E-state index contributed by atoms with van der Waals surface area (Å²) in [4.78, 5) is 3.89. The number of benzene rings is 1. The van der Waals surface area contributed by atoms with Crippen molar-refractivity contribution < 1.29 is 13.9 Å². The second kappa shape index (κ2) is 5.64. The van der Waals surface area contributed by atoms with Crippen LogP contribution in [0.5, 0.6) is 0 Å². The molecule has 0 amide bonds. The first-order valence-electron chi connectivity index (χ1n) is 5.51. The van der Waals surface area contributed by atoms with E-state index < -0.39 is 12.6 Å². The molecule has 0 bridgehead atoms. The Morgan fingerprint density at radius 3 is 2.74 bits per heavy atom. The van der Waals surface area contributed by atoms with Crippen molar-refractivity contribution in [2.45, 2.75) is 12.6 Å². The molecule has 1 aromatic heterocycles. The van der Waals surface area contributed by atoms with E-state index in [9.17, 15) is 8.78 Å². The van der Waals surface area contributed by atoms with Crippen molar-refractivity contribution in [1.82, 2.24) is 9.55 Å². The van der Waals surface area contributed by atoms with Crippen LogP contribution in [0.25, 0.3) is 11.3 Å². The van der Waals surface area contributed by atoms with Gasteiger partial charge >= 0.3 is 6.55 Å². The largest absolute Gasteiger partial charge is 0.394 e. The van der Waals surface area contributed by atoms with E-state index in [1.807, 2.05) is 0 Å². The number of nitrogens with zero attached hydrogens (tertiary/aromatic N) is 2. The summed E-state index contributed by atoms with van der Waals surface area (Å²) in [5.74, 6) is 0. The highest BCUT2D eigenvalue weighted by molar-refractivity contribution is 6.33. The Labute approximate surface area is 113 Å². The van der Waals surface area contributed by atoms with E-state index >= 15 is 0 Å². The minimum absolute atomic E-state index is 0.216. The smallest absolute Gasteiger partial charge is 0.319 e. The van der Waals surface area contributed by atoms with Gasteiger partial charge in [0.15, 0.2) is 0 Å². The number of rotatable bonds is 4. The molecule has 1 atom stereocenters. The zero-order chi connectivity index (χ0) is 14.0. The molecule has 0 radical (unpaired) electrons. The lowest BCUT2D eigenvalue weighted by Crippen LogP contribution is -2.14. The van der Waals surface area contributed by atoms with Crippen LogP contribution in [0.15, 0.2) is 30.7 Å². The summed E-state index contributed by atoms with van der Waals surface area (Å²) < 4.78 is 25.7.